The first-order chi connectivity index (χ1) is 16.8. The molecule has 3 saturated heterocycles. The average molecular weight is 515 g/mol. The molecule has 1 aromatic heterocycles. The molecule has 0 spiro atoms. The highest BCUT2D eigenvalue weighted by Gasteiger charge is 2.35. The zero-order chi connectivity index (χ0) is 25.1. The summed E-state index contributed by atoms with van der Waals surface area (Å²) in [4.78, 5) is 31.2. The molecular formula is C26H34N4O3S2. The minimum Gasteiger partial charge on any atom is -0.376 e. The predicted molar refractivity (Wildman–Crippen MR) is 145 cm³/mol. The summed E-state index contributed by atoms with van der Waals surface area (Å²) in [6.45, 7) is 9.57. The van der Waals surface area contributed by atoms with E-state index in [2.05, 4.69) is 24.8 Å². The lowest BCUT2D eigenvalue weighted by atomic mass is 9.98. The Morgan fingerprint density at radius 3 is 2.74 bits per heavy atom. The Labute approximate surface area is 217 Å². The normalized spacial score (nSPS) is 24.0. The van der Waals surface area contributed by atoms with Crippen molar-refractivity contribution in [1.82, 2.24) is 9.47 Å². The number of ether oxygens (including phenoxy) is 1. The lowest BCUT2D eigenvalue weighted by Gasteiger charge is -2.36. The van der Waals surface area contributed by atoms with Crippen LogP contribution in [-0.2, 0) is 16.1 Å². The van der Waals surface area contributed by atoms with Gasteiger partial charge >= 0.3 is 0 Å². The highest BCUT2D eigenvalue weighted by Crippen LogP contribution is 2.37. The molecule has 0 saturated carbocycles. The first-order valence-electron chi connectivity index (χ1n) is 12.6. The van der Waals surface area contributed by atoms with Gasteiger partial charge in [0.05, 0.1) is 17.6 Å². The molecule has 1 aromatic rings. The van der Waals surface area contributed by atoms with E-state index in [1.165, 1.54) is 11.8 Å². The van der Waals surface area contributed by atoms with Crippen molar-refractivity contribution in [2.24, 2.45) is 5.92 Å². The summed E-state index contributed by atoms with van der Waals surface area (Å²) < 4.78 is 8.03. The minimum atomic E-state index is -0.241. The maximum absolute atomic E-state index is 13.4. The number of anilines is 1. The van der Waals surface area contributed by atoms with Crippen LogP contribution in [0.5, 0.6) is 0 Å². The second kappa shape index (κ2) is 11.3. The number of unbranched alkanes of at least 4 members (excludes halogenated alkanes) is 1. The summed E-state index contributed by atoms with van der Waals surface area (Å²) in [5.74, 6) is 1.21. The molecule has 4 rings (SSSR count). The highest BCUT2D eigenvalue weighted by molar-refractivity contribution is 8.26. The molecule has 7 nitrogen and oxygen atoms in total. The molecule has 188 valence electrons. The number of carbonyl (C=O) groups is 1. The van der Waals surface area contributed by atoms with E-state index >= 15 is 0 Å². The number of aromatic nitrogens is 1. The molecule has 0 aromatic carbocycles. The molecule has 3 aliphatic rings. The number of hydrogen-bond acceptors (Lipinski definition) is 7. The van der Waals surface area contributed by atoms with Crippen molar-refractivity contribution in [1.29, 1.82) is 5.26 Å². The molecule has 0 N–H and O–H groups in total. The SMILES string of the molecule is CCCCn1c(N2CCCC(C)C2)c(/C=C2/SC(=S)N(CC3CCCO3)C2=O)c(C)c(C#N)c1=O. The van der Waals surface area contributed by atoms with Crippen molar-refractivity contribution in [2.75, 3.05) is 31.1 Å². The molecule has 0 bridgehead atoms. The van der Waals surface area contributed by atoms with Gasteiger partial charge in [0.2, 0.25) is 0 Å². The summed E-state index contributed by atoms with van der Waals surface area (Å²) >= 11 is 6.85. The fourth-order valence-corrected chi connectivity index (χ4v) is 6.43. The van der Waals surface area contributed by atoms with E-state index in [1.807, 2.05) is 13.0 Å². The van der Waals surface area contributed by atoms with Crippen LogP contribution in [0.4, 0.5) is 5.82 Å². The zero-order valence-corrected chi connectivity index (χ0v) is 22.5. The Kier molecular flexibility index (Phi) is 8.35. The number of nitriles is 1. The largest absolute Gasteiger partial charge is 0.376 e. The highest BCUT2D eigenvalue weighted by atomic mass is 32.2. The van der Waals surface area contributed by atoms with Crippen LogP contribution < -0.4 is 10.5 Å². The van der Waals surface area contributed by atoms with Gasteiger partial charge in [-0.15, -0.1) is 0 Å². The maximum atomic E-state index is 13.4. The van der Waals surface area contributed by atoms with Crippen LogP contribution in [-0.4, -0.2) is 52.0 Å². The molecule has 2 unspecified atom stereocenters. The number of nitrogens with zero attached hydrogens (tertiary/aromatic N) is 4. The number of thiocarbonyl (C=S) groups is 1. The summed E-state index contributed by atoms with van der Waals surface area (Å²) in [5, 5.41) is 9.86. The van der Waals surface area contributed by atoms with Gasteiger partial charge in [0, 0.05) is 31.8 Å². The molecule has 35 heavy (non-hydrogen) atoms. The van der Waals surface area contributed by atoms with Gasteiger partial charge in [-0.3, -0.25) is 19.1 Å². The Morgan fingerprint density at radius 1 is 1.29 bits per heavy atom. The Bertz CT molecular complexity index is 1130. The molecule has 3 fully saturated rings. The van der Waals surface area contributed by atoms with Gasteiger partial charge in [-0.1, -0.05) is 44.2 Å². The number of carbonyl (C=O) groups excluding carboxylic acids is 1. The quantitative estimate of drug-likeness (QED) is 0.393. The Hall–Kier alpha value is -2.15. The predicted octanol–water partition coefficient (Wildman–Crippen LogP) is 4.45. The van der Waals surface area contributed by atoms with Crippen LogP contribution in [0.3, 0.4) is 0 Å². The smallest absolute Gasteiger partial charge is 0.270 e. The van der Waals surface area contributed by atoms with Crippen LogP contribution >= 0.6 is 24.0 Å². The van der Waals surface area contributed by atoms with Crippen molar-refractivity contribution in [3.63, 3.8) is 0 Å². The number of rotatable bonds is 7. The van der Waals surface area contributed by atoms with Gasteiger partial charge in [-0.05, 0) is 56.6 Å². The monoisotopic (exact) mass is 514 g/mol. The van der Waals surface area contributed by atoms with E-state index in [9.17, 15) is 14.9 Å². The average Bonchev–Trinajstić information content (AvgIpc) is 3.44. The van der Waals surface area contributed by atoms with Crippen molar-refractivity contribution < 1.29 is 9.53 Å². The third-order valence-corrected chi connectivity index (χ3v) is 8.48. The van der Waals surface area contributed by atoms with Crippen molar-refractivity contribution in [3.05, 3.63) is 31.9 Å². The van der Waals surface area contributed by atoms with E-state index < -0.39 is 0 Å². The van der Waals surface area contributed by atoms with E-state index in [-0.39, 0.29) is 23.1 Å². The van der Waals surface area contributed by atoms with Crippen molar-refractivity contribution in [3.8, 4) is 6.07 Å². The summed E-state index contributed by atoms with van der Waals surface area (Å²) in [6.07, 6.45) is 7.80. The van der Waals surface area contributed by atoms with E-state index in [0.717, 1.165) is 69.6 Å². The van der Waals surface area contributed by atoms with Gasteiger partial charge in [-0.2, -0.15) is 5.26 Å². The maximum Gasteiger partial charge on any atom is 0.270 e. The number of pyridine rings is 1. The Balaban J connectivity index is 1.81. The molecule has 1 amide bonds. The number of piperidine rings is 1. The summed E-state index contributed by atoms with van der Waals surface area (Å²) in [5.41, 5.74) is 1.32. The van der Waals surface area contributed by atoms with Gasteiger partial charge in [0.1, 0.15) is 21.8 Å². The van der Waals surface area contributed by atoms with Gasteiger partial charge in [-0.25, -0.2) is 0 Å². The van der Waals surface area contributed by atoms with E-state index in [1.54, 1.807) is 9.47 Å². The van der Waals surface area contributed by atoms with Crippen LogP contribution in [0.1, 0.15) is 69.1 Å². The fourth-order valence-electron chi connectivity index (χ4n) is 5.17. The molecule has 3 aliphatic heterocycles. The molecule has 0 radical (unpaired) electrons. The topological polar surface area (TPSA) is 78.6 Å². The minimum absolute atomic E-state index is 0.0186. The van der Waals surface area contributed by atoms with Gasteiger partial charge < -0.3 is 9.64 Å². The summed E-state index contributed by atoms with van der Waals surface area (Å²) in [7, 11) is 0. The van der Waals surface area contributed by atoms with Crippen LogP contribution in [0.15, 0.2) is 9.70 Å². The molecular weight excluding hydrogens is 480 g/mol. The number of hydrogen-bond donors (Lipinski definition) is 0. The number of amides is 1. The standard InChI is InChI=1S/C26H34N4O3S2/c1-4-5-11-29-23(28-10-6-8-17(2)15-28)20(18(3)21(14-27)24(29)31)13-22-25(32)30(26(34)35-22)16-19-9-7-12-33-19/h13,17,19H,4-12,15-16H2,1-3H3/b22-13+. The van der Waals surface area contributed by atoms with Gasteiger partial charge in [0.25, 0.3) is 11.5 Å². The van der Waals surface area contributed by atoms with E-state index in [0.29, 0.717) is 33.8 Å². The van der Waals surface area contributed by atoms with Crippen LogP contribution in [0.2, 0.25) is 0 Å². The lowest BCUT2D eigenvalue weighted by molar-refractivity contribution is -0.123. The van der Waals surface area contributed by atoms with Crippen LogP contribution in [0.25, 0.3) is 6.08 Å². The number of thioether (sulfide) groups is 1. The second-order valence-corrected chi connectivity index (χ2v) is 11.5. The molecule has 2 atom stereocenters. The molecule has 9 heteroatoms. The third kappa shape index (κ3) is 5.35. The first kappa shape index (κ1) is 25.9. The van der Waals surface area contributed by atoms with E-state index in [4.69, 9.17) is 17.0 Å². The lowest BCUT2D eigenvalue weighted by Crippen LogP contribution is -2.40. The van der Waals surface area contributed by atoms with Gasteiger partial charge in [0.15, 0.2) is 0 Å². The second-order valence-electron chi connectivity index (χ2n) is 9.78. The zero-order valence-electron chi connectivity index (χ0n) is 20.8. The van der Waals surface area contributed by atoms with Crippen molar-refractivity contribution >= 4 is 46.1 Å². The molecule has 0 aliphatic carbocycles. The first-order valence-corrected chi connectivity index (χ1v) is 13.9. The fraction of sp³-hybridized carbons (Fsp3) is 0.615. The Morgan fingerprint density at radius 2 is 2.09 bits per heavy atom. The van der Waals surface area contributed by atoms with Crippen molar-refractivity contribution in [2.45, 2.75) is 71.9 Å². The summed E-state index contributed by atoms with van der Waals surface area (Å²) in [6, 6.07) is 2.14. The molecule has 4 heterocycles. The van der Waals surface area contributed by atoms with Crippen LogP contribution in [0, 0.1) is 24.2 Å². The third-order valence-electron chi connectivity index (χ3n) is 7.10.